The standard InChI is InChI=1S/C19H20F3NO2.ClH/c20-19(21,22)15-5-3-14(4-6-15)12-24-17-7-9-18(10-8-17)25-13-16-2-1-11-23-16;/h3-10,16,23H,1-2,11-13H2;1H. The summed E-state index contributed by atoms with van der Waals surface area (Å²) in [5.41, 5.74) is 0.0233. The fourth-order valence-corrected chi connectivity index (χ4v) is 2.68. The zero-order valence-electron chi connectivity index (χ0n) is 14.1. The topological polar surface area (TPSA) is 30.5 Å². The molecule has 2 aromatic carbocycles. The van der Waals surface area contributed by atoms with Gasteiger partial charge in [0.05, 0.1) is 5.56 Å². The van der Waals surface area contributed by atoms with Crippen molar-refractivity contribution in [1.82, 2.24) is 5.32 Å². The summed E-state index contributed by atoms with van der Waals surface area (Å²) in [5.74, 6) is 1.42. The molecule has 0 saturated carbocycles. The van der Waals surface area contributed by atoms with Gasteiger partial charge in [-0.3, -0.25) is 0 Å². The van der Waals surface area contributed by atoms with Gasteiger partial charge in [0.25, 0.3) is 0 Å². The maximum absolute atomic E-state index is 12.5. The summed E-state index contributed by atoms with van der Waals surface area (Å²) in [6, 6.07) is 12.6. The molecule has 0 amide bonds. The monoisotopic (exact) mass is 387 g/mol. The van der Waals surface area contributed by atoms with Gasteiger partial charge in [-0.2, -0.15) is 13.2 Å². The second-order valence-corrected chi connectivity index (χ2v) is 6.06. The molecule has 1 atom stereocenters. The molecule has 0 bridgehead atoms. The van der Waals surface area contributed by atoms with Gasteiger partial charge in [0.2, 0.25) is 0 Å². The molecule has 26 heavy (non-hydrogen) atoms. The second kappa shape index (κ2) is 9.14. The van der Waals surface area contributed by atoms with Crippen LogP contribution in [0.5, 0.6) is 11.5 Å². The van der Waals surface area contributed by atoms with Gasteiger partial charge in [0, 0.05) is 6.04 Å². The van der Waals surface area contributed by atoms with Gasteiger partial charge in [0.15, 0.2) is 0 Å². The molecular weight excluding hydrogens is 367 g/mol. The Morgan fingerprint density at radius 3 is 2.08 bits per heavy atom. The highest BCUT2D eigenvalue weighted by molar-refractivity contribution is 5.85. The highest BCUT2D eigenvalue weighted by Crippen LogP contribution is 2.29. The number of halogens is 4. The zero-order valence-corrected chi connectivity index (χ0v) is 14.9. The van der Waals surface area contributed by atoms with Crippen molar-refractivity contribution < 1.29 is 22.6 Å². The van der Waals surface area contributed by atoms with Crippen molar-refractivity contribution >= 4 is 12.4 Å². The molecule has 1 aliphatic heterocycles. The molecule has 3 nitrogen and oxygen atoms in total. The summed E-state index contributed by atoms with van der Waals surface area (Å²) in [5, 5.41) is 3.37. The zero-order chi connectivity index (χ0) is 17.7. The Hall–Kier alpha value is -1.92. The predicted molar refractivity (Wildman–Crippen MR) is 96.0 cm³/mol. The number of hydrogen-bond acceptors (Lipinski definition) is 3. The number of hydrogen-bond donors (Lipinski definition) is 1. The Bertz CT molecular complexity index is 669. The van der Waals surface area contributed by atoms with Crippen molar-refractivity contribution in [3.05, 3.63) is 59.7 Å². The van der Waals surface area contributed by atoms with E-state index in [0.29, 0.717) is 24.0 Å². The molecule has 2 aromatic rings. The Labute approximate surface area is 156 Å². The first-order valence-corrected chi connectivity index (χ1v) is 8.26. The van der Waals surface area contributed by atoms with Gasteiger partial charge in [-0.25, -0.2) is 0 Å². The first kappa shape index (κ1) is 20.4. The molecular formula is C19H21ClF3NO2. The van der Waals surface area contributed by atoms with E-state index in [1.807, 2.05) is 12.1 Å². The summed E-state index contributed by atoms with van der Waals surface area (Å²) >= 11 is 0. The highest BCUT2D eigenvalue weighted by atomic mass is 35.5. The maximum atomic E-state index is 12.5. The molecule has 3 rings (SSSR count). The molecule has 0 aromatic heterocycles. The summed E-state index contributed by atoms with van der Waals surface area (Å²) in [6.07, 6.45) is -2.00. The van der Waals surface area contributed by atoms with Crippen LogP contribution in [0.4, 0.5) is 13.2 Å². The average Bonchev–Trinajstić information content (AvgIpc) is 3.12. The molecule has 1 fully saturated rings. The van der Waals surface area contributed by atoms with E-state index in [2.05, 4.69) is 5.32 Å². The van der Waals surface area contributed by atoms with Crippen LogP contribution >= 0.6 is 12.4 Å². The van der Waals surface area contributed by atoms with Crippen LogP contribution in [0.25, 0.3) is 0 Å². The van der Waals surface area contributed by atoms with E-state index in [1.165, 1.54) is 18.6 Å². The van der Waals surface area contributed by atoms with Gasteiger partial charge in [-0.15, -0.1) is 12.4 Å². The number of ether oxygens (including phenoxy) is 2. The Morgan fingerprint density at radius 2 is 1.54 bits per heavy atom. The molecule has 1 heterocycles. The van der Waals surface area contributed by atoms with Gasteiger partial charge in [0.1, 0.15) is 24.7 Å². The lowest BCUT2D eigenvalue weighted by atomic mass is 10.1. The summed E-state index contributed by atoms with van der Waals surface area (Å²) in [6.45, 7) is 1.90. The lowest BCUT2D eigenvalue weighted by Crippen LogP contribution is -2.28. The predicted octanol–water partition coefficient (Wildman–Crippen LogP) is 4.84. The van der Waals surface area contributed by atoms with Gasteiger partial charge >= 0.3 is 6.18 Å². The first-order valence-electron chi connectivity index (χ1n) is 8.26. The molecule has 142 valence electrons. The van der Waals surface area contributed by atoms with Gasteiger partial charge in [-0.1, -0.05) is 12.1 Å². The highest BCUT2D eigenvalue weighted by Gasteiger charge is 2.29. The Balaban J connectivity index is 0.00000243. The molecule has 7 heteroatoms. The average molecular weight is 388 g/mol. The van der Waals surface area contributed by atoms with Crippen LogP contribution in [0.1, 0.15) is 24.0 Å². The van der Waals surface area contributed by atoms with E-state index in [4.69, 9.17) is 9.47 Å². The first-order chi connectivity index (χ1) is 12.0. The number of alkyl halides is 3. The van der Waals surface area contributed by atoms with Crippen LogP contribution in [0.2, 0.25) is 0 Å². The molecule has 1 saturated heterocycles. The molecule has 0 spiro atoms. The van der Waals surface area contributed by atoms with Gasteiger partial charge < -0.3 is 14.8 Å². The third-order valence-electron chi connectivity index (χ3n) is 4.12. The van der Waals surface area contributed by atoms with Crippen LogP contribution < -0.4 is 14.8 Å². The number of nitrogens with one attached hydrogen (secondary N) is 1. The number of benzene rings is 2. The maximum Gasteiger partial charge on any atom is 0.416 e. The summed E-state index contributed by atoms with van der Waals surface area (Å²) in [4.78, 5) is 0. The minimum Gasteiger partial charge on any atom is -0.492 e. The lowest BCUT2D eigenvalue weighted by molar-refractivity contribution is -0.137. The van der Waals surface area contributed by atoms with Gasteiger partial charge in [-0.05, 0) is 61.3 Å². The minimum atomic E-state index is -4.32. The van der Waals surface area contributed by atoms with E-state index in [1.54, 1.807) is 12.1 Å². The van der Waals surface area contributed by atoms with E-state index >= 15 is 0 Å². The SMILES string of the molecule is Cl.FC(F)(F)c1ccc(COc2ccc(OCC3CCCN3)cc2)cc1. The number of rotatable bonds is 6. The van der Waals surface area contributed by atoms with Crippen LogP contribution in [0.15, 0.2) is 48.5 Å². The smallest absolute Gasteiger partial charge is 0.416 e. The molecule has 0 aliphatic carbocycles. The largest absolute Gasteiger partial charge is 0.492 e. The van der Waals surface area contributed by atoms with Crippen LogP contribution in [-0.2, 0) is 12.8 Å². The van der Waals surface area contributed by atoms with Crippen LogP contribution in [-0.4, -0.2) is 19.2 Å². The van der Waals surface area contributed by atoms with E-state index in [0.717, 1.165) is 30.8 Å². The fourth-order valence-electron chi connectivity index (χ4n) is 2.68. The van der Waals surface area contributed by atoms with Crippen molar-refractivity contribution in [2.24, 2.45) is 0 Å². The van der Waals surface area contributed by atoms with Crippen molar-refractivity contribution in [2.45, 2.75) is 31.7 Å². The fraction of sp³-hybridized carbons (Fsp3) is 0.368. The minimum absolute atomic E-state index is 0. The van der Waals surface area contributed by atoms with Crippen molar-refractivity contribution in [2.75, 3.05) is 13.2 Å². The summed E-state index contributed by atoms with van der Waals surface area (Å²) in [7, 11) is 0. The molecule has 0 radical (unpaired) electrons. The van der Waals surface area contributed by atoms with Crippen molar-refractivity contribution in [3.63, 3.8) is 0 Å². The Kier molecular flexibility index (Phi) is 7.17. The normalized spacial score (nSPS) is 16.8. The van der Waals surface area contributed by atoms with E-state index < -0.39 is 11.7 Å². The van der Waals surface area contributed by atoms with Crippen LogP contribution in [0.3, 0.4) is 0 Å². The summed E-state index contributed by atoms with van der Waals surface area (Å²) < 4.78 is 48.9. The second-order valence-electron chi connectivity index (χ2n) is 6.06. The third kappa shape index (κ3) is 5.81. The third-order valence-corrected chi connectivity index (χ3v) is 4.12. The van der Waals surface area contributed by atoms with Crippen LogP contribution in [0, 0.1) is 0 Å². The molecule has 1 N–H and O–H groups in total. The van der Waals surface area contributed by atoms with E-state index in [9.17, 15) is 13.2 Å². The van der Waals surface area contributed by atoms with E-state index in [-0.39, 0.29) is 19.0 Å². The molecule has 1 aliphatic rings. The van der Waals surface area contributed by atoms with Crippen molar-refractivity contribution in [3.8, 4) is 11.5 Å². The molecule has 1 unspecified atom stereocenters. The lowest BCUT2D eigenvalue weighted by Gasteiger charge is -2.13. The quantitative estimate of drug-likeness (QED) is 0.769. The van der Waals surface area contributed by atoms with Crippen molar-refractivity contribution in [1.29, 1.82) is 0 Å². The Morgan fingerprint density at radius 1 is 0.923 bits per heavy atom.